The molecule has 14 heteroatoms. The van der Waals surface area contributed by atoms with Crippen LogP contribution in [0.5, 0.6) is 11.8 Å². The zero-order valence-corrected chi connectivity index (χ0v) is 18.4. The monoisotopic (exact) mass is 488 g/mol. The van der Waals surface area contributed by atoms with Crippen molar-refractivity contribution < 1.29 is 35.9 Å². The van der Waals surface area contributed by atoms with Gasteiger partial charge in [-0.25, -0.2) is 23.4 Å². The Morgan fingerprint density at radius 3 is 2.12 bits per heavy atom. The quantitative estimate of drug-likeness (QED) is 0.561. The molecule has 0 aliphatic carbocycles. The number of nitrogens with zero attached hydrogens (tertiary/aromatic N) is 3. The Balaban J connectivity index is 2.07. The van der Waals surface area contributed by atoms with E-state index in [0.29, 0.717) is 0 Å². The first-order valence-electron chi connectivity index (χ1n) is 8.63. The lowest BCUT2D eigenvalue weighted by Crippen LogP contribution is -2.16. The summed E-state index contributed by atoms with van der Waals surface area (Å²) in [5, 5.41) is 1.54. The molecule has 0 bridgehead atoms. The lowest BCUT2D eigenvalue weighted by molar-refractivity contribution is -0.142. The Kier molecular flexibility index (Phi) is 6.37. The van der Waals surface area contributed by atoms with Crippen molar-refractivity contribution in [3.8, 4) is 11.8 Å². The number of rotatable bonds is 6. The zero-order valence-electron chi connectivity index (χ0n) is 16.7. The highest BCUT2D eigenvalue weighted by Crippen LogP contribution is 2.41. The van der Waals surface area contributed by atoms with Crippen molar-refractivity contribution >= 4 is 32.2 Å². The number of ether oxygens (including phenoxy) is 2. The van der Waals surface area contributed by atoms with Crippen LogP contribution < -0.4 is 14.8 Å². The van der Waals surface area contributed by atoms with E-state index in [9.17, 15) is 26.4 Å². The number of anilines is 1. The predicted molar refractivity (Wildman–Crippen MR) is 107 cm³/mol. The summed E-state index contributed by atoms with van der Waals surface area (Å²) in [6, 6.07) is 5.30. The summed E-state index contributed by atoms with van der Waals surface area (Å²) in [7, 11) is -2.13. The summed E-state index contributed by atoms with van der Waals surface area (Å²) in [4.78, 5) is 23.2. The molecule has 0 fully saturated rings. The maximum Gasteiger partial charge on any atom is 0.435 e. The zero-order chi connectivity index (χ0) is 23.7. The van der Waals surface area contributed by atoms with Crippen LogP contribution in [0.25, 0.3) is 0 Å². The van der Waals surface area contributed by atoms with E-state index in [1.807, 2.05) is 0 Å². The molecule has 32 heavy (non-hydrogen) atoms. The van der Waals surface area contributed by atoms with E-state index in [2.05, 4.69) is 20.3 Å². The lowest BCUT2D eigenvalue weighted by atomic mass is 10.2. The molecule has 0 saturated carbocycles. The highest BCUT2D eigenvalue weighted by Gasteiger charge is 2.42. The number of halogens is 3. The third-order valence-corrected chi connectivity index (χ3v) is 7.30. The fraction of sp³-hybridized carbons (Fsp3) is 0.222. The van der Waals surface area contributed by atoms with Gasteiger partial charge in [0.2, 0.25) is 21.6 Å². The van der Waals surface area contributed by atoms with Crippen LogP contribution >= 0.6 is 11.3 Å². The van der Waals surface area contributed by atoms with Gasteiger partial charge in [-0.15, -0.1) is 0 Å². The molecule has 2 aromatic heterocycles. The first-order chi connectivity index (χ1) is 15.0. The Morgan fingerprint density at radius 2 is 1.62 bits per heavy atom. The second-order valence-corrected chi connectivity index (χ2v) is 9.33. The number of hydrogen-bond acceptors (Lipinski definition) is 9. The average molecular weight is 488 g/mol. The molecule has 0 radical (unpaired) electrons. The molecule has 1 amide bonds. The van der Waals surface area contributed by atoms with Gasteiger partial charge in [0, 0.05) is 0 Å². The minimum absolute atomic E-state index is 0.169. The van der Waals surface area contributed by atoms with Gasteiger partial charge in [-0.3, -0.25) is 10.1 Å². The molecule has 3 aromatic rings. The van der Waals surface area contributed by atoms with Gasteiger partial charge >= 0.3 is 6.18 Å². The summed E-state index contributed by atoms with van der Waals surface area (Å²) >= 11 is 0.169. The minimum atomic E-state index is -5.09. The van der Waals surface area contributed by atoms with E-state index >= 15 is 0 Å². The number of methoxy groups -OCH3 is 2. The molecule has 0 aliphatic rings. The van der Waals surface area contributed by atoms with Crippen LogP contribution in [0.15, 0.2) is 39.7 Å². The topological polar surface area (TPSA) is 120 Å². The molecule has 1 N–H and O–H groups in total. The molecule has 1 aromatic carbocycles. The molecule has 0 spiro atoms. The fourth-order valence-electron chi connectivity index (χ4n) is 2.56. The van der Waals surface area contributed by atoms with Crippen LogP contribution in [0.1, 0.15) is 21.6 Å². The number of aromatic nitrogens is 3. The molecular formula is C18H15F3N4O5S2. The van der Waals surface area contributed by atoms with Crippen molar-refractivity contribution in [3.63, 3.8) is 0 Å². The van der Waals surface area contributed by atoms with Gasteiger partial charge in [0.15, 0.2) is 20.6 Å². The summed E-state index contributed by atoms with van der Waals surface area (Å²) in [6.45, 7) is 1.70. The number of sulfone groups is 1. The molecule has 3 rings (SSSR count). The number of amides is 1. The van der Waals surface area contributed by atoms with Gasteiger partial charge in [-0.1, -0.05) is 29.0 Å². The highest BCUT2D eigenvalue weighted by molar-refractivity contribution is 7.93. The van der Waals surface area contributed by atoms with Crippen LogP contribution in [0.2, 0.25) is 0 Å². The first-order valence-corrected chi connectivity index (χ1v) is 10.9. The normalized spacial score (nSPS) is 11.8. The van der Waals surface area contributed by atoms with Gasteiger partial charge in [-0.2, -0.15) is 13.2 Å². The SMILES string of the molecule is COc1ncnc(OC)c1C(=O)Nc1nc(C(F)(F)F)c(S(=O)(=O)c2ccc(C)cc2)s1. The Labute approximate surface area is 184 Å². The van der Waals surface area contributed by atoms with Crippen molar-refractivity contribution in [1.29, 1.82) is 0 Å². The lowest BCUT2D eigenvalue weighted by Gasteiger charge is -2.09. The Bertz CT molecular complexity index is 1240. The number of nitrogens with one attached hydrogen (secondary N) is 1. The van der Waals surface area contributed by atoms with E-state index in [1.54, 1.807) is 6.92 Å². The number of thiazole rings is 1. The Hall–Kier alpha value is -3.26. The smallest absolute Gasteiger partial charge is 0.435 e. The molecule has 0 unspecified atom stereocenters. The van der Waals surface area contributed by atoms with Crippen LogP contribution in [0.3, 0.4) is 0 Å². The van der Waals surface area contributed by atoms with Gasteiger partial charge in [0.1, 0.15) is 6.33 Å². The third-order valence-electron chi connectivity index (χ3n) is 4.05. The summed E-state index contributed by atoms with van der Waals surface area (Å²) < 4.78 is 75.4. The van der Waals surface area contributed by atoms with Crippen molar-refractivity contribution in [3.05, 3.63) is 47.4 Å². The highest BCUT2D eigenvalue weighted by atomic mass is 32.2. The van der Waals surface area contributed by atoms with Crippen molar-refractivity contribution in [2.24, 2.45) is 0 Å². The van der Waals surface area contributed by atoms with E-state index in [0.717, 1.165) is 11.9 Å². The van der Waals surface area contributed by atoms with E-state index in [1.165, 1.54) is 38.5 Å². The number of carbonyl (C=O) groups excluding carboxylic acids is 1. The number of aryl methyl sites for hydroxylation is 1. The van der Waals surface area contributed by atoms with Crippen LogP contribution in [-0.2, 0) is 16.0 Å². The summed E-state index contributed by atoms with van der Waals surface area (Å²) in [6.07, 6.45) is -4.02. The van der Waals surface area contributed by atoms with Gasteiger partial charge < -0.3 is 9.47 Å². The van der Waals surface area contributed by atoms with Crippen molar-refractivity contribution in [1.82, 2.24) is 15.0 Å². The van der Waals surface area contributed by atoms with E-state index < -0.39 is 37.0 Å². The third kappa shape index (κ3) is 4.50. The number of benzene rings is 1. The second-order valence-electron chi connectivity index (χ2n) is 6.19. The predicted octanol–water partition coefficient (Wildman–Crippen LogP) is 3.36. The summed E-state index contributed by atoms with van der Waals surface area (Å²) in [5.41, 5.74) is -1.21. The number of alkyl halides is 3. The molecule has 170 valence electrons. The second kappa shape index (κ2) is 8.70. The number of carbonyl (C=O) groups is 1. The molecule has 2 heterocycles. The van der Waals surface area contributed by atoms with Crippen LogP contribution in [0, 0.1) is 6.92 Å². The van der Waals surface area contributed by atoms with Gasteiger partial charge in [0.25, 0.3) is 5.91 Å². The maximum atomic E-state index is 13.6. The minimum Gasteiger partial charge on any atom is -0.480 e. The van der Waals surface area contributed by atoms with E-state index in [4.69, 9.17) is 9.47 Å². The Morgan fingerprint density at radius 1 is 1.06 bits per heavy atom. The fourth-order valence-corrected chi connectivity index (χ4v) is 5.37. The number of hydrogen-bond donors (Lipinski definition) is 1. The molecule has 0 aliphatic heterocycles. The largest absolute Gasteiger partial charge is 0.480 e. The first kappa shape index (κ1) is 23.4. The van der Waals surface area contributed by atoms with Gasteiger partial charge in [-0.05, 0) is 19.1 Å². The van der Waals surface area contributed by atoms with Crippen LogP contribution in [0.4, 0.5) is 18.3 Å². The van der Waals surface area contributed by atoms with Gasteiger partial charge in [0.05, 0.1) is 19.1 Å². The van der Waals surface area contributed by atoms with Crippen LogP contribution in [-0.4, -0.2) is 43.5 Å². The maximum absolute atomic E-state index is 13.6. The molecule has 9 nitrogen and oxygen atoms in total. The average Bonchev–Trinajstić information content (AvgIpc) is 3.18. The molecule has 0 atom stereocenters. The van der Waals surface area contributed by atoms with Crippen molar-refractivity contribution in [2.45, 2.75) is 22.2 Å². The summed E-state index contributed by atoms with van der Waals surface area (Å²) in [5.74, 6) is -1.40. The standard InChI is InChI=1S/C18H15F3N4O5S2/c1-9-4-6-10(7-5-9)32(27,28)16-12(18(19,20)21)24-17(31-16)25-13(26)11-14(29-2)22-8-23-15(11)30-3/h4-8H,1-3H3,(H,24,25,26). The molecular weight excluding hydrogens is 473 g/mol. The molecule has 0 saturated heterocycles. The van der Waals surface area contributed by atoms with Crippen molar-refractivity contribution in [2.75, 3.05) is 19.5 Å². The van der Waals surface area contributed by atoms with E-state index in [-0.39, 0.29) is 33.6 Å².